The predicted molar refractivity (Wildman–Crippen MR) is 287 cm³/mol. The minimum absolute atomic E-state index is 0.0118. The molecule has 0 aliphatic heterocycles. The van der Waals surface area contributed by atoms with Gasteiger partial charge in [0.15, 0.2) is 0 Å². The lowest BCUT2D eigenvalue weighted by molar-refractivity contribution is -0.143. The molecule has 2 atom stereocenters. The summed E-state index contributed by atoms with van der Waals surface area (Å²) in [6, 6.07) is -0.562. The van der Waals surface area contributed by atoms with Crippen LogP contribution in [0.5, 0.6) is 0 Å². The number of esters is 1. The molecule has 66 heavy (non-hydrogen) atoms. The first-order valence-electron chi connectivity index (χ1n) is 29.9. The minimum Gasteiger partial charge on any atom is -0.466 e. The molecule has 0 aromatic rings. The molecule has 0 bridgehead atoms. The molecule has 0 radical (unpaired) electrons. The second-order valence-corrected chi connectivity index (χ2v) is 20.7. The van der Waals surface area contributed by atoms with Gasteiger partial charge in [0, 0.05) is 12.8 Å². The van der Waals surface area contributed by atoms with Crippen molar-refractivity contribution in [1.29, 1.82) is 0 Å². The van der Waals surface area contributed by atoms with Gasteiger partial charge in [0.25, 0.3) is 0 Å². The van der Waals surface area contributed by atoms with Crippen LogP contribution in [0.2, 0.25) is 0 Å². The molecule has 0 aromatic heterocycles. The van der Waals surface area contributed by atoms with E-state index in [-0.39, 0.29) is 18.5 Å². The summed E-state index contributed by atoms with van der Waals surface area (Å²) in [5.41, 5.74) is 0. The predicted octanol–water partition coefficient (Wildman–Crippen LogP) is 18.5. The molecule has 0 heterocycles. The van der Waals surface area contributed by atoms with E-state index in [0.29, 0.717) is 25.9 Å². The zero-order chi connectivity index (χ0) is 47.9. The van der Waals surface area contributed by atoms with Crippen LogP contribution in [0.1, 0.15) is 335 Å². The second kappa shape index (κ2) is 56.2. The number of rotatable bonds is 56. The molecule has 0 rings (SSSR count). The van der Waals surface area contributed by atoms with Crippen LogP contribution in [0.25, 0.3) is 0 Å². The Morgan fingerprint density at radius 3 is 1.09 bits per heavy atom. The summed E-state index contributed by atoms with van der Waals surface area (Å²) >= 11 is 0. The normalized spacial score (nSPS) is 12.6. The fraction of sp³-hybridized carbons (Fsp3) is 0.933. The first-order valence-corrected chi connectivity index (χ1v) is 29.9. The van der Waals surface area contributed by atoms with E-state index in [1.807, 2.05) is 0 Å². The third-order valence-corrected chi connectivity index (χ3v) is 14.1. The lowest BCUT2D eigenvalue weighted by Crippen LogP contribution is -2.45. The lowest BCUT2D eigenvalue weighted by atomic mass is 10.0. The van der Waals surface area contributed by atoms with Crippen molar-refractivity contribution in [2.24, 2.45) is 0 Å². The molecule has 392 valence electrons. The van der Waals surface area contributed by atoms with Crippen LogP contribution in [0.3, 0.4) is 0 Å². The summed E-state index contributed by atoms with van der Waals surface area (Å²) < 4.78 is 5.45. The van der Waals surface area contributed by atoms with Crippen molar-refractivity contribution < 1.29 is 24.5 Å². The molecular weight excluding hydrogens is 815 g/mol. The quantitative estimate of drug-likeness (QED) is 0.0321. The van der Waals surface area contributed by atoms with Gasteiger partial charge in [0.2, 0.25) is 5.91 Å². The minimum atomic E-state index is -0.682. The smallest absolute Gasteiger partial charge is 0.305 e. The summed E-state index contributed by atoms with van der Waals surface area (Å²) in [7, 11) is 0. The van der Waals surface area contributed by atoms with Gasteiger partial charge in [-0.2, -0.15) is 0 Å². The van der Waals surface area contributed by atoms with Gasteiger partial charge in [-0.25, -0.2) is 0 Å². The molecule has 0 aliphatic carbocycles. The van der Waals surface area contributed by atoms with E-state index in [4.69, 9.17) is 4.74 Å². The zero-order valence-electron chi connectivity index (χ0n) is 44.7. The largest absolute Gasteiger partial charge is 0.466 e. The number of unbranched alkanes of at least 4 members (excludes halogenated alkanes) is 43. The Hall–Kier alpha value is -1.40. The van der Waals surface area contributed by atoms with E-state index in [2.05, 4.69) is 31.3 Å². The summed E-state index contributed by atoms with van der Waals surface area (Å²) in [5, 5.41) is 23.3. The standard InChI is InChI=1S/C60H117NO5/c1-3-5-7-9-11-13-15-16-17-18-19-20-21-22-23-24-25-26-27-29-33-36-40-44-48-52-58(63)57(56-62)61-59(64)53-49-45-41-37-34-30-28-31-35-39-43-47-51-55-66-60(65)54-50-46-42-38-32-14-12-10-8-6-4-2/h30,34,57-58,62-63H,3-29,31-33,35-56H2,1-2H3,(H,61,64)/b34-30-. The fourth-order valence-corrected chi connectivity index (χ4v) is 9.46. The van der Waals surface area contributed by atoms with Crippen LogP contribution in [0.15, 0.2) is 12.2 Å². The Kier molecular flexibility index (Phi) is 55.0. The average molecular weight is 933 g/mol. The average Bonchev–Trinajstić information content (AvgIpc) is 3.32. The number of hydrogen-bond donors (Lipinski definition) is 3. The Balaban J connectivity index is 3.47. The number of ether oxygens (including phenoxy) is 1. The highest BCUT2D eigenvalue weighted by atomic mass is 16.5. The van der Waals surface area contributed by atoms with Crippen LogP contribution in [0.4, 0.5) is 0 Å². The summed E-state index contributed by atoms with van der Waals surface area (Å²) in [6.45, 7) is 4.93. The first-order chi connectivity index (χ1) is 32.5. The number of allylic oxidation sites excluding steroid dienone is 2. The highest BCUT2D eigenvalue weighted by molar-refractivity contribution is 5.76. The van der Waals surface area contributed by atoms with Crippen LogP contribution in [-0.4, -0.2) is 47.4 Å². The second-order valence-electron chi connectivity index (χ2n) is 20.7. The molecule has 0 aromatic carbocycles. The topological polar surface area (TPSA) is 95.9 Å². The Labute approximate surface area is 412 Å². The molecule has 6 heteroatoms. The molecule has 0 saturated carbocycles. The maximum Gasteiger partial charge on any atom is 0.305 e. The molecule has 0 spiro atoms. The molecule has 0 aliphatic rings. The first kappa shape index (κ1) is 64.6. The van der Waals surface area contributed by atoms with Crippen LogP contribution >= 0.6 is 0 Å². The molecule has 6 nitrogen and oxygen atoms in total. The number of aliphatic hydroxyl groups is 2. The van der Waals surface area contributed by atoms with Gasteiger partial charge in [0.1, 0.15) is 0 Å². The van der Waals surface area contributed by atoms with E-state index in [0.717, 1.165) is 70.6 Å². The molecule has 3 N–H and O–H groups in total. The zero-order valence-corrected chi connectivity index (χ0v) is 44.7. The van der Waals surface area contributed by atoms with Crippen LogP contribution < -0.4 is 5.32 Å². The van der Waals surface area contributed by atoms with Gasteiger partial charge in [-0.05, 0) is 51.4 Å². The SMILES string of the molecule is CCCCCCCCCCCCCCCCCCCCCCCCCCCC(O)C(CO)NC(=O)CCCCC/C=C\CCCCCCCCOC(=O)CCCCCCCCCCCCC. The number of carbonyl (C=O) groups is 2. The Bertz CT molecular complexity index is 986. The van der Waals surface area contributed by atoms with E-state index in [1.165, 1.54) is 231 Å². The maximum atomic E-state index is 12.5. The summed E-state index contributed by atoms with van der Waals surface area (Å²) in [4.78, 5) is 24.5. The van der Waals surface area contributed by atoms with Crippen molar-refractivity contribution in [1.82, 2.24) is 5.32 Å². The highest BCUT2D eigenvalue weighted by Crippen LogP contribution is 2.18. The van der Waals surface area contributed by atoms with Crippen molar-refractivity contribution in [2.75, 3.05) is 13.2 Å². The monoisotopic (exact) mass is 932 g/mol. The summed E-state index contributed by atoms with van der Waals surface area (Å²) in [6.07, 6.45) is 66.4. The molecule has 1 amide bonds. The van der Waals surface area contributed by atoms with E-state index in [1.54, 1.807) is 0 Å². The van der Waals surface area contributed by atoms with Gasteiger partial charge in [-0.1, -0.05) is 283 Å². The van der Waals surface area contributed by atoms with Gasteiger partial charge in [-0.3, -0.25) is 9.59 Å². The number of carbonyl (C=O) groups excluding carboxylic acids is 2. The molecule has 0 saturated heterocycles. The fourth-order valence-electron chi connectivity index (χ4n) is 9.46. The number of amides is 1. The van der Waals surface area contributed by atoms with E-state index in [9.17, 15) is 19.8 Å². The van der Waals surface area contributed by atoms with Gasteiger partial charge in [0.05, 0.1) is 25.4 Å². The molecule has 2 unspecified atom stereocenters. The molecule has 0 fully saturated rings. The highest BCUT2D eigenvalue weighted by Gasteiger charge is 2.20. The maximum absolute atomic E-state index is 12.5. The van der Waals surface area contributed by atoms with E-state index < -0.39 is 12.1 Å². The lowest BCUT2D eigenvalue weighted by Gasteiger charge is -2.22. The van der Waals surface area contributed by atoms with Gasteiger partial charge < -0.3 is 20.3 Å². The van der Waals surface area contributed by atoms with Crippen molar-refractivity contribution in [2.45, 2.75) is 347 Å². The van der Waals surface area contributed by atoms with Crippen LogP contribution in [-0.2, 0) is 14.3 Å². The molecular formula is C60H117NO5. The van der Waals surface area contributed by atoms with Crippen LogP contribution in [0, 0.1) is 0 Å². The van der Waals surface area contributed by atoms with Crippen molar-refractivity contribution >= 4 is 11.9 Å². The van der Waals surface area contributed by atoms with Crippen molar-refractivity contribution in [3.8, 4) is 0 Å². The van der Waals surface area contributed by atoms with Crippen molar-refractivity contribution in [3.63, 3.8) is 0 Å². The number of hydrogen-bond acceptors (Lipinski definition) is 5. The van der Waals surface area contributed by atoms with Gasteiger partial charge >= 0.3 is 5.97 Å². The third kappa shape index (κ3) is 52.0. The summed E-state index contributed by atoms with van der Waals surface area (Å²) in [5.74, 6) is -0.0726. The Morgan fingerprint density at radius 1 is 0.409 bits per heavy atom. The van der Waals surface area contributed by atoms with E-state index >= 15 is 0 Å². The van der Waals surface area contributed by atoms with Gasteiger partial charge in [-0.15, -0.1) is 0 Å². The van der Waals surface area contributed by atoms with Crippen molar-refractivity contribution in [3.05, 3.63) is 12.2 Å². The Morgan fingerprint density at radius 2 is 0.712 bits per heavy atom. The number of aliphatic hydroxyl groups excluding tert-OH is 2. The number of nitrogens with one attached hydrogen (secondary N) is 1. The third-order valence-electron chi connectivity index (χ3n) is 14.1.